The molecule has 0 aromatic heterocycles. The first-order valence-corrected chi connectivity index (χ1v) is 20.0. The van der Waals surface area contributed by atoms with Gasteiger partial charge in [-0.05, 0) is 25.7 Å². The quantitative estimate of drug-likeness (QED) is 0.0690. The lowest BCUT2D eigenvalue weighted by Gasteiger charge is -2.33. The predicted molar refractivity (Wildman–Crippen MR) is 191 cm³/mol. The van der Waals surface area contributed by atoms with Gasteiger partial charge in [-0.1, -0.05) is 201 Å². The normalized spacial score (nSPS) is 15.0. The van der Waals surface area contributed by atoms with Gasteiger partial charge < -0.3 is 9.80 Å². The summed E-state index contributed by atoms with van der Waals surface area (Å²) in [5.41, 5.74) is 0. The molecule has 0 saturated heterocycles. The number of rotatable bonds is 34. The molecular formula is C40H80N2. The number of hydrogen-bond donors (Lipinski definition) is 0. The Morgan fingerprint density at radius 2 is 0.548 bits per heavy atom. The minimum absolute atomic E-state index is 0.640. The van der Waals surface area contributed by atoms with Crippen molar-refractivity contribution in [3.05, 3.63) is 12.4 Å². The van der Waals surface area contributed by atoms with E-state index in [2.05, 4.69) is 43.0 Å². The summed E-state index contributed by atoms with van der Waals surface area (Å²) in [6.07, 6.45) is 51.5. The molecule has 0 radical (unpaired) electrons. The van der Waals surface area contributed by atoms with Crippen LogP contribution in [0.25, 0.3) is 0 Å². The second-order valence-corrected chi connectivity index (χ2v) is 13.9. The Kier molecular flexibility index (Phi) is 29.8. The summed E-state index contributed by atoms with van der Waals surface area (Å²) in [6, 6.07) is 0. The molecule has 0 spiro atoms. The highest BCUT2D eigenvalue weighted by atomic mass is 15.4. The Labute approximate surface area is 267 Å². The Balaban J connectivity index is 2.01. The highest BCUT2D eigenvalue weighted by Crippen LogP contribution is 2.23. The lowest BCUT2D eigenvalue weighted by atomic mass is 10.0. The molecule has 2 nitrogen and oxygen atoms in total. The largest absolute Gasteiger partial charge is 0.356 e. The van der Waals surface area contributed by atoms with Crippen molar-refractivity contribution >= 4 is 0 Å². The molecule has 2 heteroatoms. The lowest BCUT2D eigenvalue weighted by Crippen LogP contribution is -2.39. The first-order valence-electron chi connectivity index (χ1n) is 20.0. The molecule has 1 heterocycles. The van der Waals surface area contributed by atoms with Crippen LogP contribution in [0.4, 0.5) is 0 Å². The van der Waals surface area contributed by atoms with Gasteiger partial charge in [0.2, 0.25) is 0 Å². The molecule has 1 atom stereocenters. The molecule has 1 rings (SSSR count). The fourth-order valence-corrected chi connectivity index (χ4v) is 6.89. The summed E-state index contributed by atoms with van der Waals surface area (Å²) >= 11 is 0. The molecule has 0 fully saturated rings. The molecule has 1 unspecified atom stereocenters. The second-order valence-electron chi connectivity index (χ2n) is 13.9. The van der Waals surface area contributed by atoms with E-state index in [4.69, 9.17) is 0 Å². The fourth-order valence-electron chi connectivity index (χ4n) is 6.89. The van der Waals surface area contributed by atoms with Crippen molar-refractivity contribution in [1.82, 2.24) is 9.80 Å². The van der Waals surface area contributed by atoms with Crippen LogP contribution in [0.5, 0.6) is 0 Å². The van der Waals surface area contributed by atoms with Crippen LogP contribution >= 0.6 is 0 Å². The van der Waals surface area contributed by atoms with E-state index in [-0.39, 0.29) is 0 Å². The van der Waals surface area contributed by atoms with Gasteiger partial charge in [0.05, 0.1) is 0 Å². The molecule has 0 aromatic rings. The molecular weight excluding hydrogens is 508 g/mol. The average Bonchev–Trinajstić information content (AvgIpc) is 3.38. The van der Waals surface area contributed by atoms with Crippen LogP contribution in [-0.2, 0) is 0 Å². The molecule has 42 heavy (non-hydrogen) atoms. The molecule has 0 bridgehead atoms. The molecule has 0 aromatic carbocycles. The summed E-state index contributed by atoms with van der Waals surface area (Å²) in [6.45, 7) is 9.49. The highest BCUT2D eigenvalue weighted by Gasteiger charge is 2.24. The van der Waals surface area contributed by atoms with Crippen LogP contribution in [0.2, 0.25) is 0 Å². The van der Waals surface area contributed by atoms with Gasteiger partial charge in [-0.15, -0.1) is 0 Å². The van der Waals surface area contributed by atoms with Crippen LogP contribution in [0.15, 0.2) is 12.4 Å². The zero-order valence-corrected chi connectivity index (χ0v) is 29.7. The van der Waals surface area contributed by atoms with Gasteiger partial charge in [-0.3, -0.25) is 0 Å². The van der Waals surface area contributed by atoms with Crippen molar-refractivity contribution in [3.8, 4) is 0 Å². The van der Waals surface area contributed by atoms with Crippen LogP contribution < -0.4 is 0 Å². The van der Waals surface area contributed by atoms with Gasteiger partial charge in [0.15, 0.2) is 0 Å². The maximum Gasteiger partial charge on any atom is 0.101 e. The zero-order valence-electron chi connectivity index (χ0n) is 29.7. The molecule has 250 valence electrons. The smallest absolute Gasteiger partial charge is 0.101 e. The number of hydrogen-bond acceptors (Lipinski definition) is 2. The maximum atomic E-state index is 2.69. The van der Waals surface area contributed by atoms with Gasteiger partial charge in [0, 0.05) is 25.5 Å². The number of unbranched alkanes of at least 4 members (excludes halogenated alkanes) is 28. The summed E-state index contributed by atoms with van der Waals surface area (Å²) in [7, 11) is 0. The molecule has 0 amide bonds. The van der Waals surface area contributed by atoms with E-state index in [1.807, 2.05) is 0 Å². The van der Waals surface area contributed by atoms with Gasteiger partial charge in [0.25, 0.3) is 0 Å². The van der Waals surface area contributed by atoms with E-state index in [1.54, 1.807) is 0 Å². The Bertz CT molecular complexity index is 544. The SMILES string of the molecule is CCCCCCCCCCCCCCCCCCCN1C=CN(CCCCCCCCCCCCC)C1CCCCC. The Morgan fingerprint density at radius 1 is 0.310 bits per heavy atom. The van der Waals surface area contributed by atoms with E-state index in [1.165, 1.54) is 219 Å². The van der Waals surface area contributed by atoms with Crippen molar-refractivity contribution in [1.29, 1.82) is 0 Å². The maximum absolute atomic E-state index is 2.69. The van der Waals surface area contributed by atoms with E-state index < -0.39 is 0 Å². The van der Waals surface area contributed by atoms with E-state index >= 15 is 0 Å². The first kappa shape index (κ1) is 39.4. The summed E-state index contributed by atoms with van der Waals surface area (Å²) < 4.78 is 0. The zero-order chi connectivity index (χ0) is 30.2. The Hall–Kier alpha value is -0.660. The third kappa shape index (κ3) is 23.8. The first-order chi connectivity index (χ1) is 20.8. The van der Waals surface area contributed by atoms with Crippen molar-refractivity contribution in [2.45, 2.75) is 232 Å². The topological polar surface area (TPSA) is 6.48 Å². The molecule has 1 aliphatic heterocycles. The third-order valence-corrected chi connectivity index (χ3v) is 9.82. The summed E-state index contributed by atoms with van der Waals surface area (Å²) in [5.74, 6) is 0. The van der Waals surface area contributed by atoms with Crippen LogP contribution in [0.3, 0.4) is 0 Å². The van der Waals surface area contributed by atoms with E-state index in [9.17, 15) is 0 Å². The van der Waals surface area contributed by atoms with Crippen molar-refractivity contribution in [2.75, 3.05) is 13.1 Å². The van der Waals surface area contributed by atoms with Crippen molar-refractivity contribution in [2.24, 2.45) is 0 Å². The second kappa shape index (κ2) is 31.8. The van der Waals surface area contributed by atoms with Gasteiger partial charge >= 0.3 is 0 Å². The fraction of sp³-hybridized carbons (Fsp3) is 0.950. The van der Waals surface area contributed by atoms with Crippen LogP contribution in [0, 0.1) is 0 Å². The van der Waals surface area contributed by atoms with Crippen molar-refractivity contribution in [3.63, 3.8) is 0 Å². The van der Waals surface area contributed by atoms with Gasteiger partial charge in [-0.25, -0.2) is 0 Å². The van der Waals surface area contributed by atoms with Crippen molar-refractivity contribution < 1.29 is 0 Å². The Morgan fingerprint density at radius 3 is 0.833 bits per heavy atom. The highest BCUT2D eigenvalue weighted by molar-refractivity contribution is 4.97. The lowest BCUT2D eigenvalue weighted by molar-refractivity contribution is 0.135. The van der Waals surface area contributed by atoms with Gasteiger partial charge in [0.1, 0.15) is 6.17 Å². The van der Waals surface area contributed by atoms with E-state index in [0.29, 0.717) is 6.17 Å². The van der Waals surface area contributed by atoms with Gasteiger partial charge in [-0.2, -0.15) is 0 Å². The minimum atomic E-state index is 0.640. The minimum Gasteiger partial charge on any atom is -0.356 e. The third-order valence-electron chi connectivity index (χ3n) is 9.82. The van der Waals surface area contributed by atoms with Crippen LogP contribution in [-0.4, -0.2) is 29.1 Å². The molecule has 0 aliphatic carbocycles. The molecule has 0 saturated carbocycles. The van der Waals surface area contributed by atoms with Crippen LogP contribution in [0.1, 0.15) is 226 Å². The summed E-state index contributed by atoms with van der Waals surface area (Å²) in [5, 5.41) is 0. The predicted octanol–water partition coefficient (Wildman–Crippen LogP) is 13.9. The van der Waals surface area contributed by atoms with E-state index in [0.717, 1.165) is 0 Å². The summed E-state index contributed by atoms with van der Waals surface area (Å²) in [4.78, 5) is 5.39. The monoisotopic (exact) mass is 589 g/mol. The standard InChI is InChI=1S/C40H80N2/c1-4-7-10-12-14-16-18-19-20-21-22-23-25-27-29-31-34-37-42-39-38-41(40(42)35-32-9-6-3)36-33-30-28-26-24-17-15-13-11-8-5-2/h38-40H,4-37H2,1-3H3. The number of nitrogens with zero attached hydrogens (tertiary/aromatic N) is 2. The molecule has 0 N–H and O–H groups in total. The molecule has 1 aliphatic rings. The average molecular weight is 589 g/mol.